The molecule has 2 aromatic heterocycles. The average Bonchev–Trinajstić information content (AvgIpc) is 2.64. The maximum atomic E-state index is 11.8. The number of anilines is 1. The van der Waals surface area contributed by atoms with Crippen molar-refractivity contribution in [2.75, 3.05) is 5.32 Å². The quantitative estimate of drug-likeness (QED) is 0.927. The second-order valence-corrected chi connectivity index (χ2v) is 4.84. The van der Waals surface area contributed by atoms with Gasteiger partial charge in [-0.1, -0.05) is 0 Å². The summed E-state index contributed by atoms with van der Waals surface area (Å²) in [5.41, 5.74) is 0.815. The Balaban J connectivity index is 2.17. The molecule has 0 atom stereocenters. The van der Waals surface area contributed by atoms with E-state index in [9.17, 15) is 4.79 Å². The van der Waals surface area contributed by atoms with Crippen molar-refractivity contribution >= 4 is 39.1 Å². The molecule has 0 aliphatic rings. The number of aromatic nitrogens is 2. The van der Waals surface area contributed by atoms with Gasteiger partial charge in [0.15, 0.2) is 0 Å². The smallest absolute Gasteiger partial charge is 0.269 e. The van der Waals surface area contributed by atoms with Gasteiger partial charge in [-0.05, 0) is 40.4 Å². The van der Waals surface area contributed by atoms with E-state index < -0.39 is 0 Å². The van der Waals surface area contributed by atoms with Gasteiger partial charge < -0.3 is 0 Å². The zero-order chi connectivity index (χ0) is 11.5. The van der Waals surface area contributed by atoms with Gasteiger partial charge in [0, 0.05) is 16.4 Å². The van der Waals surface area contributed by atoms with E-state index >= 15 is 0 Å². The Morgan fingerprint density at radius 3 is 2.94 bits per heavy atom. The number of carbonyl (C=O) groups excluding carboxylic acids is 1. The van der Waals surface area contributed by atoms with E-state index in [1.165, 1.54) is 11.3 Å². The molecule has 0 radical (unpaired) electrons. The number of nitrogens with one attached hydrogen (secondary N) is 1. The number of hydrogen-bond acceptors (Lipinski definition) is 4. The van der Waals surface area contributed by atoms with Crippen molar-refractivity contribution in [3.63, 3.8) is 0 Å². The Bertz CT molecular complexity index is 526. The first-order valence-corrected chi connectivity index (χ1v) is 6.18. The van der Waals surface area contributed by atoms with Crippen LogP contribution in [0.2, 0.25) is 0 Å². The minimum atomic E-state index is -0.201. The maximum absolute atomic E-state index is 11.8. The lowest BCUT2D eigenvalue weighted by atomic mass is 10.4. The van der Waals surface area contributed by atoms with Crippen molar-refractivity contribution < 1.29 is 4.79 Å². The monoisotopic (exact) mass is 297 g/mol. The van der Waals surface area contributed by atoms with Gasteiger partial charge in [-0.3, -0.25) is 10.1 Å². The molecule has 0 aliphatic carbocycles. The van der Waals surface area contributed by atoms with E-state index in [2.05, 4.69) is 31.2 Å². The lowest BCUT2D eigenvalue weighted by Crippen LogP contribution is -2.13. The Kier molecular flexibility index (Phi) is 3.31. The van der Waals surface area contributed by atoms with Crippen molar-refractivity contribution in [1.82, 2.24) is 9.97 Å². The van der Waals surface area contributed by atoms with Crippen molar-refractivity contribution in [1.29, 1.82) is 0 Å². The van der Waals surface area contributed by atoms with Gasteiger partial charge in [-0.2, -0.15) is 0 Å². The third-order valence-electron chi connectivity index (χ3n) is 1.84. The highest BCUT2D eigenvalue weighted by Crippen LogP contribution is 2.23. The Hall–Kier alpha value is -1.27. The zero-order valence-corrected chi connectivity index (χ0v) is 10.8. The largest absolute Gasteiger partial charge is 0.290 e. The number of rotatable bonds is 2. The second-order valence-electron chi connectivity index (χ2n) is 3.07. The van der Waals surface area contributed by atoms with E-state index in [1.54, 1.807) is 12.3 Å². The minimum Gasteiger partial charge on any atom is -0.290 e. The molecular formula is C10H8BrN3OS. The molecule has 6 heteroatoms. The summed E-state index contributed by atoms with van der Waals surface area (Å²) in [6.45, 7) is 1.85. The minimum absolute atomic E-state index is 0.201. The Morgan fingerprint density at radius 2 is 2.31 bits per heavy atom. The second kappa shape index (κ2) is 4.71. The molecule has 0 aliphatic heterocycles. The van der Waals surface area contributed by atoms with E-state index in [0.29, 0.717) is 10.8 Å². The van der Waals surface area contributed by atoms with Gasteiger partial charge in [-0.15, -0.1) is 11.3 Å². The van der Waals surface area contributed by atoms with E-state index in [-0.39, 0.29) is 5.91 Å². The number of carbonyl (C=O) groups is 1. The molecule has 4 nitrogen and oxygen atoms in total. The molecule has 1 N–H and O–H groups in total. The van der Waals surface area contributed by atoms with Crippen molar-refractivity contribution in [3.05, 3.63) is 38.8 Å². The molecule has 0 spiro atoms. The van der Waals surface area contributed by atoms with Gasteiger partial charge >= 0.3 is 0 Å². The van der Waals surface area contributed by atoms with Gasteiger partial charge in [0.25, 0.3) is 5.91 Å². The summed E-state index contributed by atoms with van der Waals surface area (Å²) < 4.78 is 0.780. The predicted octanol–water partition coefficient (Wildman–Crippen LogP) is 2.86. The molecule has 1 amide bonds. The molecule has 2 aromatic rings. The van der Waals surface area contributed by atoms with Crippen LogP contribution in [0, 0.1) is 6.92 Å². The van der Waals surface area contributed by atoms with Crippen LogP contribution in [0.4, 0.5) is 5.95 Å². The summed E-state index contributed by atoms with van der Waals surface area (Å²) in [5.74, 6) is 0.123. The van der Waals surface area contributed by atoms with Gasteiger partial charge in [0.05, 0.1) is 0 Å². The number of hydrogen-bond donors (Lipinski definition) is 1. The molecule has 0 bridgehead atoms. The van der Waals surface area contributed by atoms with Gasteiger partial charge in [0.1, 0.15) is 4.88 Å². The number of amides is 1. The fourth-order valence-electron chi connectivity index (χ4n) is 1.12. The average molecular weight is 298 g/mol. The summed E-state index contributed by atoms with van der Waals surface area (Å²) in [6.07, 6.45) is 1.61. The molecular weight excluding hydrogens is 290 g/mol. The van der Waals surface area contributed by atoms with E-state index in [4.69, 9.17) is 0 Å². The molecule has 82 valence electrons. The fourth-order valence-corrected chi connectivity index (χ4v) is 2.57. The molecule has 0 saturated heterocycles. The summed E-state index contributed by atoms with van der Waals surface area (Å²) in [5, 5.41) is 4.49. The van der Waals surface area contributed by atoms with Crippen LogP contribution in [0.5, 0.6) is 0 Å². The molecule has 0 fully saturated rings. The third kappa shape index (κ3) is 2.45. The summed E-state index contributed by atoms with van der Waals surface area (Å²) in [7, 11) is 0. The SMILES string of the molecule is Cc1ccnc(NC(=O)c2sccc2Br)n1. The zero-order valence-electron chi connectivity index (χ0n) is 8.40. The van der Waals surface area contributed by atoms with Crippen LogP contribution in [0.15, 0.2) is 28.2 Å². The first kappa shape index (κ1) is 11.2. The predicted molar refractivity (Wildman–Crippen MR) is 66.7 cm³/mol. The van der Waals surface area contributed by atoms with E-state index in [0.717, 1.165) is 10.2 Å². The number of halogens is 1. The highest BCUT2D eigenvalue weighted by atomic mass is 79.9. The van der Waals surface area contributed by atoms with Crippen LogP contribution in [-0.4, -0.2) is 15.9 Å². The molecule has 0 unspecified atom stereocenters. The topological polar surface area (TPSA) is 54.9 Å². The number of thiophene rings is 1. The molecule has 2 rings (SSSR count). The standard InChI is InChI=1S/C10H8BrN3OS/c1-6-2-4-12-10(13-6)14-9(15)8-7(11)3-5-16-8/h2-5H,1H3,(H,12,13,14,15). The van der Waals surface area contributed by atoms with Crippen LogP contribution < -0.4 is 5.32 Å². The van der Waals surface area contributed by atoms with Crippen molar-refractivity contribution in [2.45, 2.75) is 6.92 Å². The number of aryl methyl sites for hydroxylation is 1. The molecule has 0 aromatic carbocycles. The van der Waals surface area contributed by atoms with Crippen LogP contribution in [-0.2, 0) is 0 Å². The summed E-state index contributed by atoms with van der Waals surface area (Å²) in [4.78, 5) is 20.5. The van der Waals surface area contributed by atoms with Gasteiger partial charge in [-0.25, -0.2) is 9.97 Å². The van der Waals surface area contributed by atoms with Crippen LogP contribution in [0.3, 0.4) is 0 Å². The van der Waals surface area contributed by atoms with Crippen molar-refractivity contribution in [3.8, 4) is 0 Å². The molecule has 16 heavy (non-hydrogen) atoms. The Morgan fingerprint density at radius 1 is 1.50 bits per heavy atom. The van der Waals surface area contributed by atoms with Crippen LogP contribution in [0.25, 0.3) is 0 Å². The summed E-state index contributed by atoms with van der Waals surface area (Å²) >= 11 is 4.67. The Labute approximate surface area is 105 Å². The summed E-state index contributed by atoms with van der Waals surface area (Å²) in [6, 6.07) is 3.60. The lowest BCUT2D eigenvalue weighted by Gasteiger charge is -2.02. The lowest BCUT2D eigenvalue weighted by molar-refractivity contribution is 0.102. The van der Waals surface area contributed by atoms with E-state index in [1.807, 2.05) is 18.4 Å². The first-order chi connectivity index (χ1) is 7.66. The highest BCUT2D eigenvalue weighted by Gasteiger charge is 2.12. The van der Waals surface area contributed by atoms with Gasteiger partial charge in [0.2, 0.25) is 5.95 Å². The normalized spacial score (nSPS) is 10.1. The molecule has 2 heterocycles. The maximum Gasteiger partial charge on any atom is 0.269 e. The van der Waals surface area contributed by atoms with Crippen LogP contribution in [0.1, 0.15) is 15.4 Å². The highest BCUT2D eigenvalue weighted by molar-refractivity contribution is 9.10. The first-order valence-electron chi connectivity index (χ1n) is 4.51. The van der Waals surface area contributed by atoms with Crippen molar-refractivity contribution in [2.24, 2.45) is 0 Å². The molecule has 0 saturated carbocycles. The number of nitrogens with zero attached hydrogens (tertiary/aromatic N) is 2. The fraction of sp³-hybridized carbons (Fsp3) is 0.100. The third-order valence-corrected chi connectivity index (χ3v) is 3.68. The van der Waals surface area contributed by atoms with Crippen LogP contribution >= 0.6 is 27.3 Å².